The molecule has 0 unspecified atom stereocenters. The Labute approximate surface area is 115 Å². The summed E-state index contributed by atoms with van der Waals surface area (Å²) in [6, 6.07) is 8.90. The zero-order valence-electron chi connectivity index (χ0n) is 11.6. The van der Waals surface area contributed by atoms with Crippen LogP contribution in [-0.2, 0) is 10.2 Å². The van der Waals surface area contributed by atoms with Gasteiger partial charge in [0.05, 0.1) is 0 Å². The Morgan fingerprint density at radius 1 is 1.16 bits per heavy atom. The van der Waals surface area contributed by atoms with Gasteiger partial charge in [0.25, 0.3) is 0 Å². The van der Waals surface area contributed by atoms with Gasteiger partial charge < -0.3 is 4.90 Å². The highest BCUT2D eigenvalue weighted by Crippen LogP contribution is 2.42. The maximum Gasteiger partial charge on any atom is 0.246 e. The third-order valence-corrected chi connectivity index (χ3v) is 4.62. The van der Waals surface area contributed by atoms with Gasteiger partial charge in [0.1, 0.15) is 0 Å². The zero-order valence-corrected chi connectivity index (χ0v) is 11.6. The minimum absolute atomic E-state index is 0.179. The number of rotatable bonds is 3. The molecule has 0 bridgehead atoms. The van der Waals surface area contributed by atoms with Gasteiger partial charge in [0.2, 0.25) is 5.91 Å². The fourth-order valence-corrected chi connectivity index (χ4v) is 3.48. The fourth-order valence-electron chi connectivity index (χ4n) is 3.48. The summed E-state index contributed by atoms with van der Waals surface area (Å²) in [6.07, 6.45) is 8.66. The van der Waals surface area contributed by atoms with Crippen molar-refractivity contribution in [2.45, 2.75) is 38.0 Å². The van der Waals surface area contributed by atoms with Gasteiger partial charge in [-0.25, -0.2) is 0 Å². The maximum absolute atomic E-state index is 11.8. The Hall–Kier alpha value is -1.57. The summed E-state index contributed by atoms with van der Waals surface area (Å²) in [5, 5.41) is 0. The van der Waals surface area contributed by atoms with Crippen molar-refractivity contribution in [1.29, 1.82) is 0 Å². The molecule has 2 heteroatoms. The van der Waals surface area contributed by atoms with Gasteiger partial charge in [0.15, 0.2) is 0 Å². The Kier molecular flexibility index (Phi) is 3.17. The molecule has 1 saturated carbocycles. The van der Waals surface area contributed by atoms with Crippen LogP contribution in [0.1, 0.15) is 36.8 Å². The molecule has 0 atom stereocenters. The lowest BCUT2D eigenvalue weighted by atomic mass is 9.78. The smallest absolute Gasteiger partial charge is 0.246 e. The second-order valence-corrected chi connectivity index (χ2v) is 5.97. The van der Waals surface area contributed by atoms with Crippen molar-refractivity contribution in [2.24, 2.45) is 0 Å². The van der Waals surface area contributed by atoms with Crippen molar-refractivity contribution >= 4 is 5.91 Å². The number of amides is 1. The van der Waals surface area contributed by atoms with Crippen LogP contribution in [0.4, 0.5) is 0 Å². The minimum atomic E-state index is 0.179. The van der Waals surface area contributed by atoms with E-state index in [0.717, 1.165) is 13.1 Å². The molecule has 0 saturated heterocycles. The van der Waals surface area contributed by atoms with Crippen LogP contribution in [0.2, 0.25) is 0 Å². The summed E-state index contributed by atoms with van der Waals surface area (Å²) in [5.41, 5.74) is 2.90. The molecule has 1 aliphatic carbocycles. The predicted octanol–water partition coefficient (Wildman–Crippen LogP) is 3.21. The van der Waals surface area contributed by atoms with Crippen molar-refractivity contribution < 1.29 is 4.79 Å². The van der Waals surface area contributed by atoms with E-state index < -0.39 is 0 Å². The number of hydrogen-bond donors (Lipinski definition) is 0. The van der Waals surface area contributed by atoms with E-state index in [1.54, 1.807) is 6.08 Å². The molecule has 2 nitrogen and oxygen atoms in total. The van der Waals surface area contributed by atoms with Crippen LogP contribution in [0.25, 0.3) is 0 Å². The van der Waals surface area contributed by atoms with Gasteiger partial charge in [0, 0.05) is 24.6 Å². The lowest BCUT2D eigenvalue weighted by molar-refractivity contribution is -0.125. The average Bonchev–Trinajstić information content (AvgIpc) is 3.02. The first-order valence-corrected chi connectivity index (χ1v) is 7.22. The van der Waals surface area contributed by atoms with Gasteiger partial charge in [-0.2, -0.15) is 0 Å². The minimum Gasteiger partial charge on any atom is -0.335 e. The molecule has 0 N–H and O–H groups in total. The number of benzene rings is 1. The largest absolute Gasteiger partial charge is 0.335 e. The first kappa shape index (κ1) is 12.5. The van der Waals surface area contributed by atoms with E-state index in [1.807, 2.05) is 11.0 Å². The summed E-state index contributed by atoms with van der Waals surface area (Å²) in [6.45, 7) is 3.79. The summed E-state index contributed by atoms with van der Waals surface area (Å²) < 4.78 is 0. The summed E-state index contributed by atoms with van der Waals surface area (Å²) >= 11 is 0. The number of aryl methyl sites for hydroxylation is 1. The molecule has 2 aliphatic rings. The first-order valence-electron chi connectivity index (χ1n) is 7.22. The molecular weight excluding hydrogens is 234 g/mol. The van der Waals surface area contributed by atoms with Crippen LogP contribution in [0, 0.1) is 6.92 Å². The molecule has 1 amide bonds. The Balaban J connectivity index is 1.86. The van der Waals surface area contributed by atoms with Crippen molar-refractivity contribution in [2.75, 3.05) is 13.1 Å². The number of nitrogens with zero attached hydrogens (tertiary/aromatic N) is 1. The van der Waals surface area contributed by atoms with Crippen LogP contribution in [-0.4, -0.2) is 23.9 Å². The topological polar surface area (TPSA) is 20.3 Å². The van der Waals surface area contributed by atoms with Gasteiger partial charge >= 0.3 is 0 Å². The van der Waals surface area contributed by atoms with Gasteiger partial charge in [-0.3, -0.25) is 4.79 Å². The van der Waals surface area contributed by atoms with Crippen LogP contribution >= 0.6 is 0 Å². The summed E-state index contributed by atoms with van der Waals surface area (Å²) in [7, 11) is 0. The molecule has 100 valence electrons. The van der Waals surface area contributed by atoms with E-state index in [-0.39, 0.29) is 11.3 Å². The summed E-state index contributed by atoms with van der Waals surface area (Å²) in [5.74, 6) is 0.179. The van der Waals surface area contributed by atoms with E-state index in [0.29, 0.717) is 0 Å². The van der Waals surface area contributed by atoms with Gasteiger partial charge in [-0.15, -0.1) is 0 Å². The highest BCUT2D eigenvalue weighted by Gasteiger charge is 2.38. The van der Waals surface area contributed by atoms with E-state index >= 15 is 0 Å². The molecule has 1 aliphatic heterocycles. The van der Waals surface area contributed by atoms with E-state index in [4.69, 9.17) is 0 Å². The van der Waals surface area contributed by atoms with Gasteiger partial charge in [-0.1, -0.05) is 48.7 Å². The third kappa shape index (κ3) is 2.32. The predicted molar refractivity (Wildman–Crippen MR) is 77.0 cm³/mol. The zero-order chi connectivity index (χ0) is 13.3. The normalized spacial score (nSPS) is 21.3. The monoisotopic (exact) mass is 255 g/mol. The Morgan fingerprint density at radius 2 is 1.84 bits per heavy atom. The lowest BCUT2D eigenvalue weighted by Gasteiger charge is -2.34. The molecular formula is C17H21NO. The van der Waals surface area contributed by atoms with Crippen molar-refractivity contribution in [3.8, 4) is 0 Å². The second-order valence-electron chi connectivity index (χ2n) is 5.97. The van der Waals surface area contributed by atoms with Crippen LogP contribution in [0.15, 0.2) is 36.4 Å². The van der Waals surface area contributed by atoms with Gasteiger partial charge in [-0.05, 0) is 25.3 Å². The van der Waals surface area contributed by atoms with E-state index in [1.165, 1.54) is 36.8 Å². The summed E-state index contributed by atoms with van der Waals surface area (Å²) in [4.78, 5) is 13.8. The second kappa shape index (κ2) is 4.84. The Morgan fingerprint density at radius 3 is 2.42 bits per heavy atom. The van der Waals surface area contributed by atoms with Crippen molar-refractivity contribution in [3.05, 3.63) is 47.5 Å². The molecule has 19 heavy (non-hydrogen) atoms. The van der Waals surface area contributed by atoms with E-state index in [2.05, 4.69) is 31.2 Å². The average molecular weight is 255 g/mol. The molecule has 1 aromatic carbocycles. The lowest BCUT2D eigenvalue weighted by Crippen LogP contribution is -2.40. The SMILES string of the molecule is Cc1ccc(C2(CN3CC=CC3=O)CCCC2)cc1. The maximum atomic E-state index is 11.8. The molecule has 0 radical (unpaired) electrons. The van der Waals surface area contributed by atoms with Crippen LogP contribution < -0.4 is 0 Å². The molecule has 1 heterocycles. The Bertz CT molecular complexity index is 494. The molecule has 3 rings (SSSR count). The quantitative estimate of drug-likeness (QED) is 0.812. The number of carbonyl (C=O) groups excluding carboxylic acids is 1. The molecule has 0 spiro atoms. The molecule has 1 aromatic rings. The van der Waals surface area contributed by atoms with Crippen LogP contribution in [0.5, 0.6) is 0 Å². The third-order valence-electron chi connectivity index (χ3n) is 4.62. The molecule has 0 aromatic heterocycles. The standard InChI is InChI=1S/C17H21NO/c1-14-6-8-15(9-7-14)17(10-2-3-11-17)13-18-12-4-5-16(18)19/h4-9H,2-3,10-13H2,1H3. The van der Waals surface area contributed by atoms with Crippen molar-refractivity contribution in [1.82, 2.24) is 4.90 Å². The van der Waals surface area contributed by atoms with Crippen LogP contribution in [0.3, 0.4) is 0 Å². The fraction of sp³-hybridized carbons (Fsp3) is 0.471. The number of hydrogen-bond acceptors (Lipinski definition) is 1. The highest BCUT2D eigenvalue weighted by molar-refractivity contribution is 5.90. The van der Waals surface area contributed by atoms with E-state index in [9.17, 15) is 4.79 Å². The van der Waals surface area contributed by atoms with Crippen molar-refractivity contribution in [3.63, 3.8) is 0 Å². The number of carbonyl (C=O) groups is 1. The first-order chi connectivity index (χ1) is 9.20. The molecule has 1 fully saturated rings. The highest BCUT2D eigenvalue weighted by atomic mass is 16.2.